The van der Waals surface area contributed by atoms with Crippen molar-refractivity contribution in [2.75, 3.05) is 6.54 Å². The van der Waals surface area contributed by atoms with Crippen LogP contribution >= 0.6 is 0 Å². The number of hydrogen-bond acceptors (Lipinski definition) is 1. The zero-order chi connectivity index (χ0) is 27.4. The fourth-order valence-corrected chi connectivity index (χ4v) is 6.21. The average molecular weight is 510 g/mol. The summed E-state index contributed by atoms with van der Waals surface area (Å²) in [7, 11) is 0. The summed E-state index contributed by atoms with van der Waals surface area (Å²) in [6.45, 7) is 11.2. The maximum atomic E-state index is 6.21. The Morgan fingerprint density at radius 3 is 2.00 bits per heavy atom. The molecule has 0 saturated carbocycles. The van der Waals surface area contributed by atoms with Gasteiger partial charge in [0.25, 0.3) is 0 Å². The SMILES string of the molecule is C=C/C(=C\C)c1ccc(-c2c3ccccc3c(C3=CCC(C(/C=C\CC)CN)C(C)=C3)c3ccccc23)cc1. The van der Waals surface area contributed by atoms with Crippen LogP contribution < -0.4 is 5.73 Å². The van der Waals surface area contributed by atoms with Gasteiger partial charge < -0.3 is 5.73 Å². The molecular weight excluding hydrogens is 470 g/mol. The largest absolute Gasteiger partial charge is 0.330 e. The molecule has 2 atom stereocenters. The Morgan fingerprint density at radius 1 is 0.923 bits per heavy atom. The highest BCUT2D eigenvalue weighted by Crippen LogP contribution is 2.44. The van der Waals surface area contributed by atoms with Crippen molar-refractivity contribution in [3.8, 4) is 11.1 Å². The van der Waals surface area contributed by atoms with Crippen LogP contribution in [0, 0.1) is 11.8 Å². The van der Waals surface area contributed by atoms with Gasteiger partial charge in [-0.2, -0.15) is 0 Å². The van der Waals surface area contributed by atoms with Gasteiger partial charge in [0, 0.05) is 0 Å². The fourth-order valence-electron chi connectivity index (χ4n) is 6.21. The molecule has 0 heterocycles. The van der Waals surface area contributed by atoms with E-state index in [9.17, 15) is 0 Å². The summed E-state index contributed by atoms with van der Waals surface area (Å²) in [4.78, 5) is 0. The molecule has 1 nitrogen and oxygen atoms in total. The molecule has 196 valence electrons. The maximum absolute atomic E-state index is 6.21. The predicted octanol–water partition coefficient (Wildman–Crippen LogP) is 10.1. The monoisotopic (exact) mass is 509 g/mol. The van der Waals surface area contributed by atoms with E-state index in [-0.39, 0.29) is 0 Å². The Morgan fingerprint density at radius 2 is 1.51 bits per heavy atom. The second-order valence-corrected chi connectivity index (χ2v) is 10.5. The Balaban J connectivity index is 1.68. The highest BCUT2D eigenvalue weighted by Gasteiger charge is 2.24. The molecule has 1 heteroatoms. The Labute approximate surface area is 233 Å². The average Bonchev–Trinajstić information content (AvgIpc) is 2.98. The third kappa shape index (κ3) is 5.07. The normalized spacial score (nSPS) is 16.9. The Hall–Kier alpha value is -3.94. The van der Waals surface area contributed by atoms with E-state index in [1.807, 2.05) is 6.08 Å². The van der Waals surface area contributed by atoms with E-state index in [0.29, 0.717) is 18.4 Å². The van der Waals surface area contributed by atoms with E-state index >= 15 is 0 Å². The first-order chi connectivity index (χ1) is 19.1. The first-order valence-electron chi connectivity index (χ1n) is 14.2. The van der Waals surface area contributed by atoms with Gasteiger partial charge in [0.1, 0.15) is 0 Å². The van der Waals surface area contributed by atoms with Gasteiger partial charge in [-0.25, -0.2) is 0 Å². The van der Waals surface area contributed by atoms with Crippen LogP contribution in [0.4, 0.5) is 0 Å². The molecule has 0 amide bonds. The number of hydrogen-bond donors (Lipinski definition) is 1. The standard InChI is InChI=1S/C38H39N/c1-5-8-13-31(25-39)32-23-22-30(24-26(32)4)38-35-16-11-9-14-33(35)37(34-15-10-12-17-36(34)38)29-20-18-28(19-21-29)27(6-2)7-3/h6-22,24,31-32H,2,5,23,25,39H2,1,3-4H3/b13-8-,27-7+. The highest BCUT2D eigenvalue weighted by molar-refractivity contribution is 6.19. The van der Waals surface area contributed by atoms with E-state index < -0.39 is 0 Å². The van der Waals surface area contributed by atoms with Crippen LogP contribution in [-0.4, -0.2) is 6.54 Å². The van der Waals surface area contributed by atoms with Crippen molar-refractivity contribution in [2.45, 2.75) is 33.6 Å². The van der Waals surface area contributed by atoms with Gasteiger partial charge in [0.2, 0.25) is 0 Å². The Bertz CT molecular complexity index is 1570. The van der Waals surface area contributed by atoms with Crippen LogP contribution in [0.1, 0.15) is 44.7 Å². The van der Waals surface area contributed by atoms with Crippen LogP contribution in [-0.2, 0) is 0 Å². The van der Waals surface area contributed by atoms with Gasteiger partial charge in [-0.05, 0) is 100 Å². The molecule has 4 aromatic rings. The second kappa shape index (κ2) is 11.8. The van der Waals surface area contributed by atoms with Gasteiger partial charge in [0.05, 0.1) is 0 Å². The van der Waals surface area contributed by atoms with E-state index in [0.717, 1.165) is 18.4 Å². The third-order valence-corrected chi connectivity index (χ3v) is 8.23. The van der Waals surface area contributed by atoms with Crippen LogP contribution in [0.15, 0.2) is 121 Å². The van der Waals surface area contributed by atoms with E-state index in [2.05, 4.69) is 131 Å². The molecule has 39 heavy (non-hydrogen) atoms. The lowest BCUT2D eigenvalue weighted by Crippen LogP contribution is -2.23. The zero-order valence-corrected chi connectivity index (χ0v) is 23.5. The third-order valence-electron chi connectivity index (χ3n) is 8.23. The van der Waals surface area contributed by atoms with Crippen LogP contribution in [0.3, 0.4) is 0 Å². The molecule has 1 aliphatic carbocycles. The fraction of sp³-hybridized carbons (Fsp3) is 0.211. The summed E-state index contributed by atoms with van der Waals surface area (Å²) in [5.41, 5.74) is 15.1. The molecule has 0 fully saturated rings. The lowest BCUT2D eigenvalue weighted by atomic mass is 9.77. The highest BCUT2D eigenvalue weighted by atomic mass is 14.6. The number of nitrogens with two attached hydrogens (primary N) is 1. The van der Waals surface area contributed by atoms with Gasteiger partial charge >= 0.3 is 0 Å². The molecule has 4 aromatic carbocycles. The van der Waals surface area contributed by atoms with Crippen molar-refractivity contribution in [1.29, 1.82) is 0 Å². The van der Waals surface area contributed by atoms with E-state index in [1.54, 1.807) is 0 Å². The van der Waals surface area contributed by atoms with Gasteiger partial charge in [-0.1, -0.05) is 128 Å². The summed E-state index contributed by atoms with van der Waals surface area (Å²) in [5.74, 6) is 0.830. The Kier molecular flexibility index (Phi) is 8.10. The summed E-state index contributed by atoms with van der Waals surface area (Å²) in [6, 6.07) is 26.7. The zero-order valence-electron chi connectivity index (χ0n) is 23.5. The first-order valence-corrected chi connectivity index (χ1v) is 14.2. The van der Waals surface area contributed by atoms with Gasteiger partial charge in [0.15, 0.2) is 0 Å². The smallest absolute Gasteiger partial charge is 0.000829 e. The van der Waals surface area contributed by atoms with Crippen molar-refractivity contribution in [3.63, 3.8) is 0 Å². The first kappa shape index (κ1) is 26.7. The van der Waals surface area contributed by atoms with E-state index in [1.165, 1.54) is 54.9 Å². The van der Waals surface area contributed by atoms with Gasteiger partial charge in [-0.15, -0.1) is 0 Å². The van der Waals surface area contributed by atoms with Crippen molar-refractivity contribution in [2.24, 2.45) is 17.6 Å². The van der Waals surface area contributed by atoms with Crippen LogP contribution in [0.2, 0.25) is 0 Å². The number of fused-ring (bicyclic) bond motifs is 2. The summed E-state index contributed by atoms with van der Waals surface area (Å²) in [6.07, 6.45) is 15.5. The summed E-state index contributed by atoms with van der Waals surface area (Å²) < 4.78 is 0. The molecule has 0 radical (unpaired) electrons. The summed E-state index contributed by atoms with van der Waals surface area (Å²) >= 11 is 0. The molecule has 0 spiro atoms. The maximum Gasteiger partial charge on any atom is -0.000829 e. The molecule has 0 saturated heterocycles. The van der Waals surface area contributed by atoms with Crippen LogP contribution in [0.5, 0.6) is 0 Å². The summed E-state index contributed by atoms with van der Waals surface area (Å²) in [5, 5.41) is 5.17. The number of rotatable bonds is 8. The molecule has 5 rings (SSSR count). The minimum Gasteiger partial charge on any atom is -0.330 e. The topological polar surface area (TPSA) is 26.0 Å². The molecular formula is C38H39N. The van der Waals surface area contributed by atoms with Crippen molar-refractivity contribution in [1.82, 2.24) is 0 Å². The molecule has 1 aliphatic rings. The molecule has 2 unspecified atom stereocenters. The number of allylic oxidation sites excluding steroid dienone is 8. The number of benzene rings is 4. The molecule has 0 aromatic heterocycles. The van der Waals surface area contributed by atoms with E-state index in [4.69, 9.17) is 5.73 Å². The van der Waals surface area contributed by atoms with Gasteiger partial charge in [-0.3, -0.25) is 0 Å². The van der Waals surface area contributed by atoms with Crippen molar-refractivity contribution < 1.29 is 0 Å². The quantitative estimate of drug-likeness (QED) is 0.143. The van der Waals surface area contributed by atoms with Crippen molar-refractivity contribution in [3.05, 3.63) is 133 Å². The second-order valence-electron chi connectivity index (χ2n) is 10.5. The lowest BCUT2D eigenvalue weighted by molar-refractivity contribution is 0.461. The van der Waals surface area contributed by atoms with Crippen molar-refractivity contribution >= 4 is 32.7 Å². The molecule has 0 bridgehead atoms. The minimum atomic E-state index is 0.377. The van der Waals surface area contributed by atoms with Crippen LogP contribution in [0.25, 0.3) is 43.8 Å². The predicted molar refractivity (Wildman–Crippen MR) is 173 cm³/mol. The molecule has 0 aliphatic heterocycles. The molecule has 2 N–H and O–H groups in total. The minimum absolute atomic E-state index is 0.377. The lowest BCUT2D eigenvalue weighted by Gasteiger charge is -2.28.